The third kappa shape index (κ3) is 6.66. The zero-order valence-electron chi connectivity index (χ0n) is 18.6. The van der Waals surface area contributed by atoms with Crippen LogP contribution in [0.2, 0.25) is 0 Å². The molecule has 9 heteroatoms. The minimum atomic E-state index is -0.824. The van der Waals surface area contributed by atoms with Gasteiger partial charge in [0.05, 0.1) is 24.4 Å². The van der Waals surface area contributed by atoms with Gasteiger partial charge in [0, 0.05) is 24.9 Å². The van der Waals surface area contributed by atoms with Crippen LogP contribution in [0.3, 0.4) is 0 Å². The summed E-state index contributed by atoms with van der Waals surface area (Å²) in [5.41, 5.74) is 5.34. The van der Waals surface area contributed by atoms with E-state index in [0.29, 0.717) is 25.5 Å². The predicted octanol–water partition coefficient (Wildman–Crippen LogP) is 0.512. The van der Waals surface area contributed by atoms with Gasteiger partial charge in [-0.2, -0.15) is 0 Å². The molecule has 0 bridgehead atoms. The van der Waals surface area contributed by atoms with Gasteiger partial charge in [-0.15, -0.1) is 11.8 Å². The Hall–Kier alpha value is -0.680. The highest BCUT2D eigenvalue weighted by Crippen LogP contribution is 2.30. The molecule has 0 aromatic rings. The van der Waals surface area contributed by atoms with E-state index in [0.717, 1.165) is 32.2 Å². The van der Waals surface area contributed by atoms with Gasteiger partial charge in [-0.3, -0.25) is 4.79 Å². The van der Waals surface area contributed by atoms with Gasteiger partial charge in [-0.05, 0) is 45.4 Å². The van der Waals surface area contributed by atoms with Crippen LogP contribution < -0.4 is 16.4 Å². The number of hydrogen-bond donors (Lipinski definition) is 5. The van der Waals surface area contributed by atoms with Gasteiger partial charge in [-0.25, -0.2) is 0 Å². The molecule has 178 valence electrons. The van der Waals surface area contributed by atoms with Crippen LogP contribution in [0.4, 0.5) is 0 Å². The fourth-order valence-electron chi connectivity index (χ4n) is 4.65. The van der Waals surface area contributed by atoms with Crippen LogP contribution in [0.25, 0.3) is 0 Å². The lowest BCUT2D eigenvalue weighted by Crippen LogP contribution is -2.56. The highest BCUT2D eigenvalue weighted by atomic mass is 32.2. The third-order valence-corrected chi connectivity index (χ3v) is 7.93. The van der Waals surface area contributed by atoms with Crippen molar-refractivity contribution in [2.24, 2.45) is 11.7 Å². The van der Waals surface area contributed by atoms with Crippen LogP contribution >= 0.6 is 11.8 Å². The van der Waals surface area contributed by atoms with Crippen LogP contribution in [-0.2, 0) is 14.3 Å². The number of rotatable bonds is 5. The number of allylic oxidation sites excluding steroid dienone is 1. The fourth-order valence-corrected chi connectivity index (χ4v) is 5.78. The highest BCUT2D eigenvalue weighted by Gasteiger charge is 2.43. The van der Waals surface area contributed by atoms with Gasteiger partial charge in [0.15, 0.2) is 0 Å². The van der Waals surface area contributed by atoms with E-state index < -0.39 is 35.8 Å². The van der Waals surface area contributed by atoms with Gasteiger partial charge < -0.3 is 36.1 Å². The summed E-state index contributed by atoms with van der Waals surface area (Å²) in [7, 11) is 0. The molecule has 3 heterocycles. The summed E-state index contributed by atoms with van der Waals surface area (Å²) in [5.74, 6) is 0.232. The molecule has 3 rings (SSSR count). The number of carbonyl (C=O) groups is 1. The van der Waals surface area contributed by atoms with Crippen molar-refractivity contribution in [2.75, 3.05) is 19.7 Å². The molecule has 6 N–H and O–H groups in total. The summed E-state index contributed by atoms with van der Waals surface area (Å²) >= 11 is 1.48. The van der Waals surface area contributed by atoms with Crippen molar-refractivity contribution in [3.8, 4) is 0 Å². The van der Waals surface area contributed by atoms with Crippen LogP contribution in [-0.4, -0.2) is 83.0 Å². The quantitative estimate of drug-likeness (QED) is 0.378. The van der Waals surface area contributed by atoms with E-state index in [-0.39, 0.29) is 17.3 Å². The number of aliphatic hydroxyl groups is 2. The second-order valence-electron chi connectivity index (χ2n) is 8.98. The maximum absolute atomic E-state index is 13.2. The van der Waals surface area contributed by atoms with Crippen molar-refractivity contribution >= 4 is 17.7 Å². The number of nitrogens with one attached hydrogen (secondary N) is 2. The second kappa shape index (κ2) is 12.0. The molecule has 9 atom stereocenters. The molecule has 8 nitrogen and oxygen atoms in total. The van der Waals surface area contributed by atoms with E-state index >= 15 is 0 Å². The van der Waals surface area contributed by atoms with E-state index in [2.05, 4.69) is 16.7 Å². The average Bonchev–Trinajstić information content (AvgIpc) is 3.00. The molecule has 2 fully saturated rings. The Morgan fingerprint density at radius 2 is 2.03 bits per heavy atom. The molecule has 0 radical (unpaired) electrons. The molecule has 0 spiro atoms. The maximum Gasteiger partial charge on any atom is 0.240 e. The monoisotopic (exact) mass is 457 g/mol. The van der Waals surface area contributed by atoms with Gasteiger partial charge in [0.2, 0.25) is 5.91 Å². The summed E-state index contributed by atoms with van der Waals surface area (Å²) in [5, 5.41) is 27.3. The summed E-state index contributed by atoms with van der Waals surface area (Å²) < 4.78 is 12.2. The smallest absolute Gasteiger partial charge is 0.240 e. The normalized spacial score (nSPS) is 40.2. The predicted molar refractivity (Wildman–Crippen MR) is 122 cm³/mol. The van der Waals surface area contributed by atoms with E-state index in [1.807, 2.05) is 6.08 Å². The number of fused-ring (bicyclic) bond motifs is 1. The lowest BCUT2D eigenvalue weighted by Gasteiger charge is -2.36. The highest BCUT2D eigenvalue weighted by molar-refractivity contribution is 8.00. The van der Waals surface area contributed by atoms with Crippen LogP contribution in [0.5, 0.6) is 0 Å². The molecule has 0 aliphatic carbocycles. The minimum absolute atomic E-state index is 0.114. The van der Waals surface area contributed by atoms with Crippen molar-refractivity contribution in [3.63, 3.8) is 0 Å². The van der Waals surface area contributed by atoms with Crippen molar-refractivity contribution < 1.29 is 24.5 Å². The summed E-state index contributed by atoms with van der Waals surface area (Å²) in [6, 6.07) is -0.827. The molecule has 2 saturated heterocycles. The molecular weight excluding hydrogens is 418 g/mol. The minimum Gasteiger partial charge on any atom is -0.391 e. The molecule has 1 amide bonds. The Bertz CT molecular complexity index is 606. The fraction of sp³-hybridized carbons (Fsp3) is 0.864. The third-order valence-electron chi connectivity index (χ3n) is 6.39. The number of nitrogens with two attached hydrogens (primary N) is 1. The van der Waals surface area contributed by atoms with Crippen LogP contribution in [0.15, 0.2) is 12.2 Å². The van der Waals surface area contributed by atoms with Gasteiger partial charge >= 0.3 is 0 Å². The van der Waals surface area contributed by atoms with E-state index in [9.17, 15) is 15.0 Å². The molecule has 31 heavy (non-hydrogen) atoms. The Morgan fingerprint density at radius 1 is 1.26 bits per heavy atom. The average molecular weight is 458 g/mol. The first-order valence-electron chi connectivity index (χ1n) is 11.6. The number of hydrogen-bond acceptors (Lipinski definition) is 8. The first kappa shape index (κ1) is 25.0. The van der Waals surface area contributed by atoms with Gasteiger partial charge in [0.1, 0.15) is 17.6 Å². The van der Waals surface area contributed by atoms with Crippen LogP contribution in [0.1, 0.15) is 46.0 Å². The van der Waals surface area contributed by atoms with Crippen LogP contribution in [0, 0.1) is 5.92 Å². The first-order valence-corrected chi connectivity index (χ1v) is 12.5. The summed E-state index contributed by atoms with van der Waals surface area (Å²) in [4.78, 5) is 13.2. The molecule has 8 unspecified atom stereocenters. The zero-order chi connectivity index (χ0) is 22.4. The second-order valence-corrected chi connectivity index (χ2v) is 10.4. The topological polar surface area (TPSA) is 126 Å². The summed E-state index contributed by atoms with van der Waals surface area (Å²) in [6.07, 6.45) is 6.26. The first-order chi connectivity index (χ1) is 14.9. The number of ether oxygens (including phenoxy) is 2. The molecule has 0 saturated carbocycles. The van der Waals surface area contributed by atoms with Crippen molar-refractivity contribution in [3.05, 3.63) is 12.2 Å². The zero-order valence-corrected chi connectivity index (χ0v) is 19.4. The molecule has 3 aliphatic heterocycles. The van der Waals surface area contributed by atoms with Crippen molar-refractivity contribution in [1.82, 2.24) is 10.6 Å². The van der Waals surface area contributed by atoms with Crippen molar-refractivity contribution in [1.29, 1.82) is 0 Å². The van der Waals surface area contributed by atoms with Gasteiger partial charge in [-0.1, -0.05) is 18.6 Å². The standard InChI is InChI=1S/C22H39N3O5S/c1-13(26)19-17(9-4-3-8-16(11-23)31-22(30-19)14(2)27)25-21(28)18-20-15(12-24-18)7-5-6-10-29-20/h3-4,13-20,22,24,26-27H,5-12,23H2,1-2H3,(H,25,28)/b4-3-/t13-,14?,15?,16?,17?,18?,19?,20?,22?/m0/s1. The SMILES string of the molecule is CC(O)C1OC([C@H](C)O)C(NC(=O)C2NCC3CCCCOC32)C/C=C\CC(CN)S1. The number of thioether (sulfide) groups is 1. The van der Waals surface area contributed by atoms with Crippen molar-refractivity contribution in [2.45, 2.75) is 93.1 Å². The van der Waals surface area contributed by atoms with E-state index in [1.54, 1.807) is 13.8 Å². The van der Waals surface area contributed by atoms with Gasteiger partial charge in [0.25, 0.3) is 0 Å². The van der Waals surface area contributed by atoms with E-state index in [4.69, 9.17) is 15.2 Å². The molecule has 0 aromatic carbocycles. The molecule has 3 aliphatic rings. The maximum atomic E-state index is 13.2. The lowest BCUT2D eigenvalue weighted by atomic mass is 9.96. The molecule has 0 aromatic heterocycles. The Kier molecular flexibility index (Phi) is 9.64. The lowest BCUT2D eigenvalue weighted by molar-refractivity contribution is -0.131. The Labute approximate surface area is 189 Å². The molecular formula is C22H39N3O5S. The summed E-state index contributed by atoms with van der Waals surface area (Å²) in [6.45, 7) is 5.27. The number of aliphatic hydroxyl groups excluding tert-OH is 2. The largest absolute Gasteiger partial charge is 0.391 e. The Morgan fingerprint density at radius 3 is 2.74 bits per heavy atom. The number of carbonyl (C=O) groups excluding carboxylic acids is 1. The Balaban J connectivity index is 1.74. The van der Waals surface area contributed by atoms with E-state index in [1.165, 1.54) is 11.8 Å². The number of amides is 1.